The topological polar surface area (TPSA) is 245 Å². The molecule has 9 rings (SSSR count). The first kappa shape index (κ1) is 41.9. The molecule has 6 heterocycles. The molecule has 0 bridgehead atoms. The summed E-state index contributed by atoms with van der Waals surface area (Å²) in [5.41, 5.74) is 11.7. The number of fused-ring (bicyclic) bond motifs is 4. The fourth-order valence-corrected chi connectivity index (χ4v) is 8.55. The van der Waals surface area contributed by atoms with Crippen LogP contribution in [0.4, 0.5) is 34.9 Å². The number of nitrogen functional groups attached to an aromatic ring is 1. The molecule has 0 aromatic carbocycles. The molecule has 3 saturated carbocycles. The van der Waals surface area contributed by atoms with Crippen LogP contribution in [-0.4, -0.2) is 53.1 Å². The Morgan fingerprint density at radius 2 is 1.12 bits per heavy atom. The quantitative estimate of drug-likeness (QED) is 0.154. The number of anilines is 6. The van der Waals surface area contributed by atoms with Crippen molar-refractivity contribution < 1.29 is 49.4 Å². The molecule has 294 valence electrons. The number of carbonyl (C=O) groups excluding carboxylic acids is 3. The second-order valence-electron chi connectivity index (χ2n) is 15.7. The van der Waals surface area contributed by atoms with E-state index in [1.54, 1.807) is 0 Å². The Balaban J connectivity index is 0.000000189. The predicted molar refractivity (Wildman–Crippen MR) is 210 cm³/mol. The van der Waals surface area contributed by atoms with E-state index in [9.17, 15) is 14.4 Å². The number of hydrogen-bond acceptors (Lipinski definition) is 13. The standard InChI is InChI=1S/C22H26N6O2.C18H22N6O.Na.H2O/c1-12-10-15(25-17-16(12)21(30)28-22(17)8-4-3-5-9-22)26-18-13(2)19(24-11-23-18)27-20(29)14-6-7-14;1-10-8-12(23-16-11(2)15(19)20-9-21-16)22-14-13(10)17(25)24-18(14)6-4-3-5-7-18;;/h10-11,14H,3-9H2,1-2H3,(H,28,30)(H2,23,24,25,26,27,29);8-9H,3-7H2,1-2H3,(H,24,25)(H3,19,20,21,22,23);;1H2/q;;+1;/p-1. The first-order valence-corrected chi connectivity index (χ1v) is 19.4. The molecule has 0 saturated heterocycles. The van der Waals surface area contributed by atoms with E-state index in [0.717, 1.165) is 103 Å². The molecule has 17 heteroatoms. The Kier molecular flexibility index (Phi) is 12.2. The van der Waals surface area contributed by atoms with Crippen molar-refractivity contribution in [3.05, 3.63) is 69.6 Å². The van der Waals surface area contributed by atoms with Crippen LogP contribution >= 0.6 is 0 Å². The molecule has 57 heavy (non-hydrogen) atoms. The summed E-state index contributed by atoms with van der Waals surface area (Å²) in [7, 11) is 0. The van der Waals surface area contributed by atoms with Gasteiger partial charge in [0.25, 0.3) is 11.8 Å². The van der Waals surface area contributed by atoms with Crippen LogP contribution in [0.25, 0.3) is 0 Å². The summed E-state index contributed by atoms with van der Waals surface area (Å²) in [6.45, 7) is 7.64. The molecular formula is C40H49N12NaO4. The van der Waals surface area contributed by atoms with Crippen LogP contribution in [0.15, 0.2) is 24.8 Å². The van der Waals surface area contributed by atoms with Crippen LogP contribution in [0.3, 0.4) is 0 Å². The number of nitrogens with one attached hydrogen (secondary N) is 5. The summed E-state index contributed by atoms with van der Waals surface area (Å²) >= 11 is 0. The van der Waals surface area contributed by atoms with Crippen molar-refractivity contribution in [3.8, 4) is 0 Å². The molecule has 2 spiro atoms. The molecule has 3 fully saturated rings. The normalized spacial score (nSPS) is 18.1. The molecule has 3 aliphatic carbocycles. The second kappa shape index (κ2) is 16.6. The van der Waals surface area contributed by atoms with Crippen molar-refractivity contribution in [3.63, 3.8) is 0 Å². The monoisotopic (exact) mass is 784 g/mol. The largest absolute Gasteiger partial charge is 1.00 e. The number of carbonyl (C=O) groups is 3. The zero-order valence-corrected chi connectivity index (χ0v) is 35.3. The molecule has 4 aromatic rings. The van der Waals surface area contributed by atoms with E-state index >= 15 is 0 Å². The minimum absolute atomic E-state index is 0. The van der Waals surface area contributed by atoms with Crippen LogP contribution in [-0.2, 0) is 15.9 Å². The zero-order chi connectivity index (χ0) is 38.5. The van der Waals surface area contributed by atoms with Gasteiger partial charge in [-0.1, -0.05) is 38.5 Å². The van der Waals surface area contributed by atoms with Gasteiger partial charge < -0.3 is 37.8 Å². The Hall–Kier alpha value is -4.77. The van der Waals surface area contributed by atoms with Crippen LogP contribution in [0.2, 0.25) is 0 Å². The number of pyridine rings is 2. The van der Waals surface area contributed by atoms with E-state index in [1.807, 2.05) is 39.8 Å². The molecule has 0 unspecified atom stereocenters. The molecule has 2 aliphatic heterocycles. The van der Waals surface area contributed by atoms with E-state index in [-0.39, 0.29) is 69.8 Å². The molecule has 0 radical (unpaired) electrons. The first-order valence-electron chi connectivity index (χ1n) is 19.4. The molecule has 16 nitrogen and oxygen atoms in total. The average molecular weight is 785 g/mol. The predicted octanol–water partition coefficient (Wildman–Crippen LogP) is 3.03. The summed E-state index contributed by atoms with van der Waals surface area (Å²) < 4.78 is 0. The number of aromatic nitrogens is 6. The van der Waals surface area contributed by atoms with Gasteiger partial charge in [0.15, 0.2) is 0 Å². The SMILES string of the molecule is Cc1cc(Nc2ncnc(N)c2C)nc2c1C(=O)NC21CCCCC1.Cc1cc(Nc2ncnc(NC(=O)C3CC3)c2C)nc2c1C(=O)NC21CCCCC1.[Na+].[OH-]. The molecular weight excluding hydrogens is 736 g/mol. The van der Waals surface area contributed by atoms with Gasteiger partial charge in [0.2, 0.25) is 5.91 Å². The fraction of sp³-hybridized carbons (Fsp3) is 0.475. The van der Waals surface area contributed by atoms with E-state index in [2.05, 4.69) is 46.5 Å². The number of nitrogens with zero attached hydrogens (tertiary/aromatic N) is 6. The van der Waals surface area contributed by atoms with Gasteiger partial charge in [-0.05, 0) is 89.5 Å². The molecule has 8 N–H and O–H groups in total. The molecule has 0 atom stereocenters. The van der Waals surface area contributed by atoms with Gasteiger partial charge in [-0.15, -0.1) is 0 Å². The van der Waals surface area contributed by atoms with Gasteiger partial charge in [0.1, 0.15) is 47.6 Å². The van der Waals surface area contributed by atoms with Gasteiger partial charge in [-0.25, -0.2) is 29.9 Å². The van der Waals surface area contributed by atoms with Crippen LogP contribution in [0.5, 0.6) is 0 Å². The summed E-state index contributed by atoms with van der Waals surface area (Å²) in [4.78, 5) is 63.8. The van der Waals surface area contributed by atoms with Crippen molar-refractivity contribution in [1.82, 2.24) is 40.5 Å². The number of aryl methyl sites for hydroxylation is 2. The van der Waals surface area contributed by atoms with Crippen molar-refractivity contribution in [2.75, 3.05) is 21.7 Å². The first-order chi connectivity index (χ1) is 26.5. The molecule has 5 aliphatic rings. The minimum atomic E-state index is -0.350. The van der Waals surface area contributed by atoms with E-state index in [1.165, 1.54) is 25.5 Å². The maximum atomic E-state index is 12.7. The van der Waals surface area contributed by atoms with Crippen molar-refractivity contribution in [2.45, 2.75) is 116 Å². The van der Waals surface area contributed by atoms with E-state index in [4.69, 9.17) is 15.7 Å². The van der Waals surface area contributed by atoms with Crippen molar-refractivity contribution in [2.24, 2.45) is 5.92 Å². The Bertz CT molecular complexity index is 2220. The summed E-state index contributed by atoms with van der Waals surface area (Å²) in [6.07, 6.45) is 15.3. The number of rotatable bonds is 6. The van der Waals surface area contributed by atoms with Crippen LogP contribution in [0.1, 0.15) is 131 Å². The Labute approximate surface area is 353 Å². The Morgan fingerprint density at radius 1 is 0.684 bits per heavy atom. The minimum Gasteiger partial charge on any atom is -0.870 e. The van der Waals surface area contributed by atoms with Crippen LogP contribution in [0, 0.1) is 33.6 Å². The van der Waals surface area contributed by atoms with Gasteiger partial charge >= 0.3 is 29.6 Å². The van der Waals surface area contributed by atoms with Gasteiger partial charge in [-0.3, -0.25) is 14.4 Å². The number of hydrogen-bond donors (Lipinski definition) is 6. The van der Waals surface area contributed by atoms with Gasteiger partial charge in [0.05, 0.1) is 33.6 Å². The average Bonchev–Trinajstić information content (AvgIpc) is 3.93. The summed E-state index contributed by atoms with van der Waals surface area (Å²) in [5, 5.41) is 15.9. The maximum absolute atomic E-state index is 12.7. The number of nitrogens with two attached hydrogens (primary N) is 1. The molecule has 4 aromatic heterocycles. The maximum Gasteiger partial charge on any atom is 1.00 e. The number of amides is 3. The van der Waals surface area contributed by atoms with E-state index < -0.39 is 0 Å². The van der Waals surface area contributed by atoms with Crippen LogP contribution < -0.4 is 61.9 Å². The van der Waals surface area contributed by atoms with Crippen molar-refractivity contribution in [1.29, 1.82) is 0 Å². The second-order valence-corrected chi connectivity index (χ2v) is 15.7. The summed E-state index contributed by atoms with van der Waals surface area (Å²) in [6, 6.07) is 3.77. The zero-order valence-electron chi connectivity index (χ0n) is 33.3. The Morgan fingerprint density at radius 3 is 1.60 bits per heavy atom. The van der Waals surface area contributed by atoms with Crippen molar-refractivity contribution >= 4 is 52.6 Å². The summed E-state index contributed by atoms with van der Waals surface area (Å²) in [5.74, 6) is 3.60. The smallest absolute Gasteiger partial charge is 0.870 e. The third-order valence-electron chi connectivity index (χ3n) is 11.8. The van der Waals surface area contributed by atoms with Gasteiger partial charge in [0, 0.05) is 17.0 Å². The molecule has 3 amide bonds. The third-order valence-corrected chi connectivity index (χ3v) is 11.8. The third kappa shape index (κ3) is 8.05. The fourth-order valence-electron chi connectivity index (χ4n) is 8.55. The van der Waals surface area contributed by atoms with Gasteiger partial charge in [-0.2, -0.15) is 0 Å². The van der Waals surface area contributed by atoms with E-state index in [0.29, 0.717) is 40.5 Å².